The van der Waals surface area contributed by atoms with E-state index in [0.29, 0.717) is 26.2 Å². The summed E-state index contributed by atoms with van der Waals surface area (Å²) in [6.45, 7) is 17.0. The standard InChI is InChI=1S/C29H38N2O3/c1-8-15-31-21(4)25(22-11-9-10-12-24(22)31)26-23(20(2)3)18-29(19-33-26)13-16-30(17-14-29)27(32)34-28(5,6)7/h1,9-12,23,26H,2,13-19H2,3-7H3/t23-,26+/m0/s1. The van der Waals surface area contributed by atoms with Gasteiger partial charge in [0.15, 0.2) is 0 Å². The van der Waals surface area contributed by atoms with Crippen molar-refractivity contribution in [2.45, 2.75) is 72.1 Å². The summed E-state index contributed by atoms with van der Waals surface area (Å²) in [6.07, 6.45) is 8.28. The van der Waals surface area contributed by atoms with Gasteiger partial charge in [0.2, 0.25) is 0 Å². The van der Waals surface area contributed by atoms with E-state index >= 15 is 0 Å². The minimum Gasteiger partial charge on any atom is -0.444 e. The number of hydrogen-bond acceptors (Lipinski definition) is 3. The van der Waals surface area contributed by atoms with Crippen molar-refractivity contribution in [3.63, 3.8) is 0 Å². The zero-order chi connectivity index (χ0) is 24.7. The molecule has 5 heteroatoms. The van der Waals surface area contributed by atoms with Crippen LogP contribution in [0.3, 0.4) is 0 Å². The number of likely N-dealkylation sites (tertiary alicyclic amines) is 1. The van der Waals surface area contributed by atoms with Gasteiger partial charge in [0.05, 0.1) is 19.3 Å². The van der Waals surface area contributed by atoms with E-state index in [1.54, 1.807) is 0 Å². The molecule has 2 atom stereocenters. The summed E-state index contributed by atoms with van der Waals surface area (Å²) in [5.74, 6) is 3.02. The normalized spacial score (nSPS) is 22.5. The number of terminal acetylenes is 1. The van der Waals surface area contributed by atoms with Gasteiger partial charge in [-0.25, -0.2) is 4.79 Å². The van der Waals surface area contributed by atoms with Gasteiger partial charge >= 0.3 is 6.09 Å². The molecule has 0 radical (unpaired) electrons. The number of carbonyl (C=O) groups excluding carboxylic acids is 1. The predicted octanol–water partition coefficient (Wildman–Crippen LogP) is 6.25. The molecule has 4 rings (SSSR count). The molecule has 2 aromatic rings. The highest BCUT2D eigenvalue weighted by atomic mass is 16.6. The smallest absolute Gasteiger partial charge is 0.410 e. The number of amides is 1. The number of benzene rings is 1. The molecule has 0 saturated carbocycles. The first kappa shape index (κ1) is 24.4. The van der Waals surface area contributed by atoms with Crippen molar-refractivity contribution in [2.24, 2.45) is 11.3 Å². The molecule has 1 aromatic heterocycles. The molecule has 34 heavy (non-hydrogen) atoms. The third-order valence-corrected chi connectivity index (χ3v) is 7.51. The van der Waals surface area contributed by atoms with Crippen LogP contribution in [0.1, 0.15) is 64.3 Å². The van der Waals surface area contributed by atoms with E-state index in [2.05, 4.69) is 55.2 Å². The van der Waals surface area contributed by atoms with Crippen molar-refractivity contribution in [1.29, 1.82) is 0 Å². The Morgan fingerprint density at radius 3 is 2.59 bits per heavy atom. The van der Waals surface area contributed by atoms with Crippen LogP contribution in [-0.2, 0) is 16.0 Å². The molecular formula is C29H38N2O3. The second kappa shape index (κ2) is 9.15. The number of aromatic nitrogens is 1. The number of fused-ring (bicyclic) bond motifs is 1. The third kappa shape index (κ3) is 4.61. The van der Waals surface area contributed by atoms with Gasteiger partial charge in [0.25, 0.3) is 0 Å². The monoisotopic (exact) mass is 462 g/mol. The highest BCUT2D eigenvalue weighted by Gasteiger charge is 2.46. The first-order valence-corrected chi connectivity index (χ1v) is 12.3. The Hall–Kier alpha value is -2.71. The molecule has 2 aliphatic rings. The number of piperidine rings is 1. The van der Waals surface area contributed by atoms with Crippen molar-refractivity contribution in [3.05, 3.63) is 47.7 Å². The van der Waals surface area contributed by atoms with Gasteiger partial charge in [-0.3, -0.25) is 0 Å². The van der Waals surface area contributed by atoms with Crippen molar-refractivity contribution < 1.29 is 14.3 Å². The minimum atomic E-state index is -0.477. The first-order chi connectivity index (χ1) is 16.1. The zero-order valence-electron chi connectivity index (χ0n) is 21.3. The van der Waals surface area contributed by atoms with E-state index in [1.165, 1.54) is 16.6 Å². The number of ether oxygens (including phenoxy) is 2. The second-order valence-electron chi connectivity index (χ2n) is 11.2. The molecule has 182 valence electrons. The highest BCUT2D eigenvalue weighted by molar-refractivity contribution is 5.86. The molecule has 2 fully saturated rings. The van der Waals surface area contributed by atoms with Crippen LogP contribution < -0.4 is 0 Å². The van der Waals surface area contributed by atoms with E-state index in [1.807, 2.05) is 25.7 Å². The van der Waals surface area contributed by atoms with Gasteiger partial charge in [-0.1, -0.05) is 36.3 Å². The fraction of sp³-hybridized carbons (Fsp3) is 0.552. The van der Waals surface area contributed by atoms with Gasteiger partial charge in [0.1, 0.15) is 5.60 Å². The average Bonchev–Trinajstić information content (AvgIpc) is 3.05. The molecule has 3 heterocycles. The SMILES string of the molecule is C#CCn1c(C)c([C@@H]2OCC3(CCN(C(=O)OC(C)(C)C)CC3)C[C@H]2C(=C)C)c2ccccc21. The maximum absolute atomic E-state index is 12.6. The fourth-order valence-corrected chi connectivity index (χ4v) is 5.68. The van der Waals surface area contributed by atoms with Crippen LogP contribution in [0.15, 0.2) is 36.4 Å². The predicted molar refractivity (Wildman–Crippen MR) is 137 cm³/mol. The van der Waals surface area contributed by atoms with E-state index in [-0.39, 0.29) is 23.5 Å². The Morgan fingerprint density at radius 2 is 1.97 bits per heavy atom. The number of rotatable bonds is 3. The van der Waals surface area contributed by atoms with Crippen LogP contribution >= 0.6 is 0 Å². The van der Waals surface area contributed by atoms with Crippen LogP contribution in [-0.4, -0.2) is 40.9 Å². The van der Waals surface area contributed by atoms with Crippen LogP contribution in [0.2, 0.25) is 0 Å². The number of para-hydroxylation sites is 1. The highest BCUT2D eigenvalue weighted by Crippen LogP contribution is 2.51. The van der Waals surface area contributed by atoms with Crippen molar-refractivity contribution in [3.8, 4) is 12.3 Å². The Kier molecular flexibility index (Phi) is 6.57. The van der Waals surface area contributed by atoms with Crippen molar-refractivity contribution in [2.75, 3.05) is 19.7 Å². The van der Waals surface area contributed by atoms with Crippen LogP contribution in [0.4, 0.5) is 4.79 Å². The lowest BCUT2D eigenvalue weighted by Crippen LogP contribution is -2.49. The molecule has 1 aromatic carbocycles. The molecule has 5 nitrogen and oxygen atoms in total. The summed E-state index contributed by atoms with van der Waals surface area (Å²) in [5, 5.41) is 1.21. The lowest BCUT2D eigenvalue weighted by Gasteiger charge is -2.49. The average molecular weight is 463 g/mol. The fourth-order valence-electron chi connectivity index (χ4n) is 5.68. The summed E-state index contributed by atoms with van der Waals surface area (Å²) in [4.78, 5) is 14.4. The van der Waals surface area contributed by atoms with E-state index in [4.69, 9.17) is 15.9 Å². The number of hydrogen-bond donors (Lipinski definition) is 0. The van der Waals surface area contributed by atoms with Crippen LogP contribution in [0.25, 0.3) is 10.9 Å². The summed E-state index contributed by atoms with van der Waals surface area (Å²) >= 11 is 0. The summed E-state index contributed by atoms with van der Waals surface area (Å²) in [5.41, 5.74) is 4.29. The second-order valence-corrected chi connectivity index (χ2v) is 11.2. The Labute approximate surface area is 204 Å². The quantitative estimate of drug-likeness (QED) is 0.400. The molecule has 2 aliphatic heterocycles. The van der Waals surface area contributed by atoms with Crippen LogP contribution in [0, 0.1) is 30.6 Å². The Balaban J connectivity index is 1.57. The van der Waals surface area contributed by atoms with E-state index in [9.17, 15) is 4.79 Å². The van der Waals surface area contributed by atoms with Gasteiger partial charge < -0.3 is 18.9 Å². The zero-order valence-corrected chi connectivity index (χ0v) is 21.3. The van der Waals surface area contributed by atoms with Crippen molar-refractivity contribution in [1.82, 2.24) is 9.47 Å². The summed E-state index contributed by atoms with van der Waals surface area (Å²) in [6, 6.07) is 8.45. The molecule has 0 unspecified atom stereocenters. The largest absolute Gasteiger partial charge is 0.444 e. The van der Waals surface area contributed by atoms with Gasteiger partial charge in [-0.15, -0.1) is 6.42 Å². The van der Waals surface area contributed by atoms with Gasteiger partial charge in [0, 0.05) is 41.2 Å². The number of carbonyl (C=O) groups is 1. The van der Waals surface area contributed by atoms with Crippen molar-refractivity contribution >= 4 is 17.0 Å². The Bertz CT molecular complexity index is 1120. The third-order valence-electron chi connectivity index (χ3n) is 7.51. The summed E-state index contributed by atoms with van der Waals surface area (Å²) in [7, 11) is 0. The lowest BCUT2D eigenvalue weighted by molar-refractivity contribution is -0.111. The molecular weight excluding hydrogens is 424 g/mol. The summed E-state index contributed by atoms with van der Waals surface area (Å²) < 4.78 is 14.5. The van der Waals surface area contributed by atoms with E-state index < -0.39 is 5.60 Å². The van der Waals surface area contributed by atoms with Gasteiger partial charge in [-0.2, -0.15) is 0 Å². The molecule has 1 amide bonds. The maximum Gasteiger partial charge on any atom is 0.410 e. The molecule has 0 aliphatic carbocycles. The minimum absolute atomic E-state index is 0.0454. The molecule has 0 bridgehead atoms. The molecule has 0 N–H and O–H groups in total. The van der Waals surface area contributed by atoms with Gasteiger partial charge in [-0.05, 0) is 65.4 Å². The first-order valence-electron chi connectivity index (χ1n) is 12.3. The molecule has 2 saturated heterocycles. The Morgan fingerprint density at radius 1 is 1.29 bits per heavy atom. The van der Waals surface area contributed by atoms with E-state index in [0.717, 1.165) is 30.4 Å². The topological polar surface area (TPSA) is 43.7 Å². The molecule has 1 spiro atoms. The van der Waals surface area contributed by atoms with Crippen LogP contribution in [0.5, 0.6) is 0 Å². The lowest BCUT2D eigenvalue weighted by atomic mass is 9.67. The number of nitrogens with zero attached hydrogens (tertiary/aromatic N) is 2. The maximum atomic E-state index is 12.6.